The van der Waals surface area contributed by atoms with Gasteiger partial charge in [0.15, 0.2) is 0 Å². The Labute approximate surface area is 108 Å². The molecular formula is C12H8Cl2O3. The van der Waals surface area contributed by atoms with E-state index in [0.717, 1.165) is 5.56 Å². The third-order valence-corrected chi connectivity index (χ3v) is 3.44. The van der Waals surface area contributed by atoms with Crippen LogP contribution in [0.25, 0.3) is 0 Å². The van der Waals surface area contributed by atoms with Gasteiger partial charge in [0.2, 0.25) is 11.6 Å². The van der Waals surface area contributed by atoms with E-state index in [-0.39, 0.29) is 21.2 Å². The number of allylic oxidation sites excluding steroid dienone is 2. The first-order valence-electron chi connectivity index (χ1n) is 4.81. The van der Waals surface area contributed by atoms with Gasteiger partial charge in [0, 0.05) is 5.56 Å². The lowest BCUT2D eigenvalue weighted by Gasteiger charge is -2.18. The maximum atomic E-state index is 12.0. The average Bonchev–Trinajstić information content (AvgIpc) is 2.33. The van der Waals surface area contributed by atoms with Crippen molar-refractivity contribution in [1.82, 2.24) is 0 Å². The van der Waals surface area contributed by atoms with Crippen molar-refractivity contribution < 1.29 is 14.3 Å². The molecule has 5 heteroatoms. The fourth-order valence-corrected chi connectivity index (χ4v) is 2.16. The largest absolute Gasteiger partial charge is 0.496 e. The van der Waals surface area contributed by atoms with E-state index in [9.17, 15) is 9.59 Å². The Bertz CT molecular complexity index is 573. The van der Waals surface area contributed by atoms with Gasteiger partial charge < -0.3 is 4.74 Å². The van der Waals surface area contributed by atoms with Crippen LogP contribution in [0.2, 0.25) is 0 Å². The Balaban J connectivity index is 2.81. The van der Waals surface area contributed by atoms with E-state index in [0.29, 0.717) is 5.75 Å². The van der Waals surface area contributed by atoms with Crippen LogP contribution < -0.4 is 4.74 Å². The average molecular weight is 271 g/mol. The van der Waals surface area contributed by atoms with Gasteiger partial charge in [-0.15, -0.1) is 0 Å². The van der Waals surface area contributed by atoms with Crippen molar-refractivity contribution in [1.29, 1.82) is 0 Å². The van der Waals surface area contributed by atoms with Gasteiger partial charge in [0.1, 0.15) is 15.8 Å². The van der Waals surface area contributed by atoms with Crippen molar-refractivity contribution >= 4 is 34.8 Å². The molecule has 0 bridgehead atoms. The predicted octanol–water partition coefficient (Wildman–Crippen LogP) is 3.07. The van der Waals surface area contributed by atoms with Crippen LogP contribution in [0.5, 0.6) is 5.75 Å². The van der Waals surface area contributed by atoms with E-state index in [2.05, 4.69) is 0 Å². The predicted molar refractivity (Wildman–Crippen MR) is 65.1 cm³/mol. The lowest BCUT2D eigenvalue weighted by atomic mass is 9.91. The molecule has 0 N–H and O–H groups in total. The van der Waals surface area contributed by atoms with Crippen molar-refractivity contribution in [3.05, 3.63) is 38.9 Å². The van der Waals surface area contributed by atoms with Crippen LogP contribution >= 0.6 is 23.2 Å². The monoisotopic (exact) mass is 270 g/mol. The summed E-state index contributed by atoms with van der Waals surface area (Å²) in [6.45, 7) is 1.78. The molecule has 1 aromatic carbocycles. The fraction of sp³-hybridized carbons (Fsp3) is 0.167. The molecule has 1 aliphatic rings. The Morgan fingerprint density at radius 3 is 2.24 bits per heavy atom. The minimum atomic E-state index is -0.480. The maximum absolute atomic E-state index is 12.0. The summed E-state index contributed by atoms with van der Waals surface area (Å²) >= 11 is 11.5. The highest BCUT2D eigenvalue weighted by molar-refractivity contribution is 6.59. The summed E-state index contributed by atoms with van der Waals surface area (Å²) in [5, 5.41) is -0.497. The van der Waals surface area contributed by atoms with Crippen LogP contribution in [0, 0.1) is 6.92 Å². The molecule has 0 spiro atoms. The third kappa shape index (κ3) is 1.66. The molecule has 0 amide bonds. The summed E-state index contributed by atoms with van der Waals surface area (Å²) in [4.78, 5) is 23.9. The number of carbonyl (C=O) groups is 2. The normalized spacial score (nSPS) is 15.1. The number of halogens is 2. The minimum absolute atomic E-state index is 0.187. The molecule has 0 fully saturated rings. The Morgan fingerprint density at radius 2 is 1.65 bits per heavy atom. The molecule has 0 atom stereocenters. The standard InChI is InChI=1S/C12H8Cl2O3/c1-5-3-4-6-7(12(5)17-2)11(16)9(14)8(13)10(6)15/h3-4H,1-2H3. The van der Waals surface area contributed by atoms with Crippen LogP contribution in [-0.2, 0) is 0 Å². The van der Waals surface area contributed by atoms with Crippen LogP contribution in [0.4, 0.5) is 0 Å². The molecule has 0 saturated heterocycles. The first-order chi connectivity index (χ1) is 7.99. The minimum Gasteiger partial charge on any atom is -0.496 e. The Kier molecular flexibility index (Phi) is 2.98. The fourth-order valence-electron chi connectivity index (χ4n) is 1.79. The van der Waals surface area contributed by atoms with Gasteiger partial charge in [-0.1, -0.05) is 29.3 Å². The van der Waals surface area contributed by atoms with E-state index >= 15 is 0 Å². The summed E-state index contributed by atoms with van der Waals surface area (Å²) in [7, 11) is 1.44. The summed E-state index contributed by atoms with van der Waals surface area (Å²) in [5.74, 6) is -0.570. The maximum Gasteiger partial charge on any atom is 0.210 e. The molecule has 88 valence electrons. The topological polar surface area (TPSA) is 43.4 Å². The SMILES string of the molecule is COc1c(C)ccc2c1C(=O)C(Cl)=C(Cl)C2=O. The smallest absolute Gasteiger partial charge is 0.210 e. The molecule has 0 unspecified atom stereocenters. The van der Waals surface area contributed by atoms with E-state index in [1.165, 1.54) is 7.11 Å². The zero-order valence-electron chi connectivity index (χ0n) is 9.14. The zero-order chi connectivity index (χ0) is 12.7. The molecule has 0 heterocycles. The van der Waals surface area contributed by atoms with E-state index in [4.69, 9.17) is 27.9 Å². The second kappa shape index (κ2) is 4.17. The second-order valence-electron chi connectivity index (χ2n) is 3.62. The molecule has 2 rings (SSSR count). The Morgan fingerprint density at radius 1 is 1.06 bits per heavy atom. The van der Waals surface area contributed by atoms with Crippen molar-refractivity contribution in [2.45, 2.75) is 6.92 Å². The summed E-state index contributed by atoms with van der Waals surface area (Å²) < 4.78 is 5.15. The van der Waals surface area contributed by atoms with Crippen LogP contribution in [0.3, 0.4) is 0 Å². The number of fused-ring (bicyclic) bond motifs is 1. The molecule has 0 aromatic heterocycles. The second-order valence-corrected chi connectivity index (χ2v) is 4.38. The Hall–Kier alpha value is -1.32. The molecule has 0 aliphatic heterocycles. The first-order valence-corrected chi connectivity index (χ1v) is 5.57. The lowest BCUT2D eigenvalue weighted by molar-refractivity contribution is 0.0984. The molecule has 0 radical (unpaired) electrons. The third-order valence-electron chi connectivity index (χ3n) is 2.62. The van der Waals surface area contributed by atoms with Gasteiger partial charge in [0.05, 0.1) is 12.7 Å². The molecule has 17 heavy (non-hydrogen) atoms. The van der Waals surface area contributed by atoms with Gasteiger partial charge in [0.25, 0.3) is 0 Å². The number of hydrogen-bond donors (Lipinski definition) is 0. The van der Waals surface area contributed by atoms with Gasteiger partial charge in [-0.25, -0.2) is 0 Å². The van der Waals surface area contributed by atoms with Crippen molar-refractivity contribution in [2.75, 3.05) is 7.11 Å². The number of hydrogen-bond acceptors (Lipinski definition) is 3. The molecule has 3 nitrogen and oxygen atoms in total. The van der Waals surface area contributed by atoms with Crippen LogP contribution in [-0.4, -0.2) is 18.7 Å². The molecule has 0 saturated carbocycles. The number of carbonyl (C=O) groups excluding carboxylic acids is 2. The van der Waals surface area contributed by atoms with Crippen LogP contribution in [0.1, 0.15) is 26.3 Å². The van der Waals surface area contributed by atoms with Gasteiger partial charge in [-0.3, -0.25) is 9.59 Å². The lowest BCUT2D eigenvalue weighted by Crippen LogP contribution is -2.19. The van der Waals surface area contributed by atoms with Gasteiger partial charge in [-0.05, 0) is 18.6 Å². The summed E-state index contributed by atoms with van der Waals surface area (Å²) in [5.41, 5.74) is 1.17. The number of aryl methyl sites for hydroxylation is 1. The first kappa shape index (κ1) is 12.1. The molecule has 1 aliphatic carbocycles. The number of rotatable bonds is 1. The van der Waals surface area contributed by atoms with Crippen molar-refractivity contribution in [3.63, 3.8) is 0 Å². The van der Waals surface area contributed by atoms with E-state index in [1.807, 2.05) is 0 Å². The van der Waals surface area contributed by atoms with Crippen molar-refractivity contribution in [3.8, 4) is 5.75 Å². The number of ketones is 2. The highest BCUT2D eigenvalue weighted by Gasteiger charge is 2.33. The number of ether oxygens (including phenoxy) is 1. The molecular weight excluding hydrogens is 263 g/mol. The number of methoxy groups -OCH3 is 1. The number of Topliss-reactive ketones (excluding diaryl/α,β-unsaturated/α-hetero) is 2. The van der Waals surface area contributed by atoms with E-state index in [1.54, 1.807) is 19.1 Å². The van der Waals surface area contributed by atoms with Crippen LogP contribution in [0.15, 0.2) is 22.2 Å². The summed E-state index contributed by atoms with van der Waals surface area (Å²) in [6, 6.07) is 3.26. The van der Waals surface area contributed by atoms with Gasteiger partial charge >= 0.3 is 0 Å². The molecule has 1 aromatic rings. The number of benzene rings is 1. The highest BCUT2D eigenvalue weighted by Crippen LogP contribution is 2.37. The van der Waals surface area contributed by atoms with E-state index < -0.39 is 11.6 Å². The zero-order valence-corrected chi connectivity index (χ0v) is 10.6. The van der Waals surface area contributed by atoms with Crippen molar-refractivity contribution in [2.24, 2.45) is 0 Å². The highest BCUT2D eigenvalue weighted by atomic mass is 35.5. The summed E-state index contributed by atoms with van der Waals surface area (Å²) in [6.07, 6.45) is 0. The van der Waals surface area contributed by atoms with Gasteiger partial charge in [-0.2, -0.15) is 0 Å². The quantitative estimate of drug-likeness (QED) is 0.788.